The number of anilines is 2. The normalized spacial score (nSPS) is 28.9. The minimum absolute atomic E-state index is 0.0488. The highest BCUT2D eigenvalue weighted by atomic mass is 16.7. The molecule has 168 valence electrons. The van der Waals surface area contributed by atoms with Gasteiger partial charge in [-0.3, -0.25) is 24.5 Å². The molecule has 4 aliphatic heterocycles. The van der Waals surface area contributed by atoms with Crippen LogP contribution < -0.4 is 25.0 Å². The fraction of sp³-hybridized carbons (Fsp3) is 0.304. The fourth-order valence-corrected chi connectivity index (χ4v) is 5.56. The Hall–Kier alpha value is -3.92. The number of nitrogens with zero attached hydrogens (tertiary/aromatic N) is 1. The number of para-hydroxylation sites is 1. The molecule has 10 heteroatoms. The lowest BCUT2D eigenvalue weighted by molar-refractivity contribution is -0.137. The largest absolute Gasteiger partial charge is 0.481 e. The number of carbonyl (C=O) groups excluding carboxylic acids is 3. The first kappa shape index (κ1) is 19.7. The second-order valence-electron chi connectivity index (χ2n) is 8.54. The van der Waals surface area contributed by atoms with Gasteiger partial charge in [0, 0.05) is 29.8 Å². The number of aliphatic carboxylic acids is 1. The van der Waals surface area contributed by atoms with E-state index in [0.717, 1.165) is 4.90 Å². The molecule has 0 aliphatic carbocycles. The minimum atomic E-state index is -1.46. The third-order valence-corrected chi connectivity index (χ3v) is 6.91. The van der Waals surface area contributed by atoms with Crippen LogP contribution in [-0.4, -0.2) is 41.6 Å². The third-order valence-electron chi connectivity index (χ3n) is 6.91. The van der Waals surface area contributed by atoms with Crippen molar-refractivity contribution in [3.05, 3.63) is 48.0 Å². The summed E-state index contributed by atoms with van der Waals surface area (Å²) in [5, 5.41) is 15.3. The lowest BCUT2D eigenvalue weighted by Crippen LogP contribution is -2.53. The Morgan fingerprint density at radius 1 is 1.09 bits per heavy atom. The number of benzene rings is 2. The van der Waals surface area contributed by atoms with Crippen molar-refractivity contribution in [3.63, 3.8) is 0 Å². The molecule has 0 saturated carbocycles. The van der Waals surface area contributed by atoms with Crippen LogP contribution in [0.25, 0.3) is 0 Å². The van der Waals surface area contributed by atoms with Crippen LogP contribution in [-0.2, 0) is 24.7 Å². The van der Waals surface area contributed by atoms with Gasteiger partial charge >= 0.3 is 5.97 Å². The smallest absolute Gasteiger partial charge is 0.303 e. The summed E-state index contributed by atoms with van der Waals surface area (Å²) >= 11 is 0. The quantitative estimate of drug-likeness (QED) is 0.593. The average Bonchev–Trinajstić information content (AvgIpc) is 3.52. The second-order valence-corrected chi connectivity index (χ2v) is 8.54. The number of ether oxygens (including phenoxy) is 2. The van der Waals surface area contributed by atoms with Gasteiger partial charge in [0.1, 0.15) is 5.54 Å². The van der Waals surface area contributed by atoms with Gasteiger partial charge in [-0.1, -0.05) is 18.2 Å². The van der Waals surface area contributed by atoms with Crippen molar-refractivity contribution in [2.75, 3.05) is 17.0 Å². The Labute approximate surface area is 187 Å². The topological polar surface area (TPSA) is 134 Å². The molecule has 2 saturated heterocycles. The minimum Gasteiger partial charge on any atom is -0.481 e. The van der Waals surface area contributed by atoms with E-state index >= 15 is 0 Å². The molecular formula is C23H19N3O7. The summed E-state index contributed by atoms with van der Waals surface area (Å²) in [5.74, 6) is -3.40. The number of hydrogen-bond donors (Lipinski definition) is 3. The zero-order valence-electron chi connectivity index (χ0n) is 17.2. The van der Waals surface area contributed by atoms with E-state index in [4.69, 9.17) is 9.47 Å². The summed E-state index contributed by atoms with van der Waals surface area (Å²) in [5.41, 5.74) is 0.0100. The summed E-state index contributed by atoms with van der Waals surface area (Å²) in [7, 11) is 0. The number of imide groups is 1. The molecule has 2 aromatic rings. The maximum absolute atomic E-state index is 13.8. The predicted octanol–water partition coefficient (Wildman–Crippen LogP) is 1.21. The fourth-order valence-electron chi connectivity index (χ4n) is 5.56. The van der Waals surface area contributed by atoms with E-state index in [9.17, 15) is 24.3 Å². The molecular weight excluding hydrogens is 430 g/mol. The SMILES string of the molecule is O=C(O)CCC1NC2(C(=O)Nc3ccccc32)C2C(=O)N(c3ccc4c(c3)OCO4)C(=O)C12. The second kappa shape index (κ2) is 6.79. The first-order valence-electron chi connectivity index (χ1n) is 10.6. The molecule has 4 aliphatic rings. The van der Waals surface area contributed by atoms with Crippen LogP contribution in [0.1, 0.15) is 18.4 Å². The van der Waals surface area contributed by atoms with Crippen molar-refractivity contribution >= 4 is 35.1 Å². The lowest BCUT2D eigenvalue weighted by atomic mass is 9.76. The van der Waals surface area contributed by atoms with Gasteiger partial charge in [-0.25, -0.2) is 4.90 Å². The van der Waals surface area contributed by atoms with Crippen LogP contribution in [0.4, 0.5) is 11.4 Å². The van der Waals surface area contributed by atoms with Crippen LogP contribution in [0.2, 0.25) is 0 Å². The van der Waals surface area contributed by atoms with Gasteiger partial charge < -0.3 is 19.9 Å². The van der Waals surface area contributed by atoms with E-state index < -0.39 is 47.1 Å². The molecule has 10 nitrogen and oxygen atoms in total. The van der Waals surface area contributed by atoms with Crippen LogP contribution in [0.3, 0.4) is 0 Å². The van der Waals surface area contributed by atoms with Gasteiger partial charge in [-0.2, -0.15) is 0 Å². The molecule has 6 rings (SSSR count). The first-order valence-corrected chi connectivity index (χ1v) is 10.6. The highest BCUT2D eigenvalue weighted by Gasteiger charge is 2.70. The van der Waals surface area contributed by atoms with E-state index in [2.05, 4.69) is 10.6 Å². The number of nitrogens with one attached hydrogen (secondary N) is 2. The average molecular weight is 449 g/mol. The number of carboxylic acids is 1. The highest BCUT2D eigenvalue weighted by Crippen LogP contribution is 2.54. The van der Waals surface area contributed by atoms with Crippen molar-refractivity contribution in [2.45, 2.75) is 24.4 Å². The molecule has 2 aromatic carbocycles. The van der Waals surface area contributed by atoms with Crippen molar-refractivity contribution in [2.24, 2.45) is 11.8 Å². The number of rotatable bonds is 4. The first-order chi connectivity index (χ1) is 15.9. The number of carboxylic acid groups (broad SMARTS) is 1. The van der Waals surface area contributed by atoms with Crippen LogP contribution in [0, 0.1) is 11.8 Å². The van der Waals surface area contributed by atoms with Gasteiger partial charge in [-0.05, 0) is 24.6 Å². The van der Waals surface area contributed by atoms with Crippen LogP contribution in [0.15, 0.2) is 42.5 Å². The Morgan fingerprint density at radius 2 is 1.88 bits per heavy atom. The van der Waals surface area contributed by atoms with E-state index in [1.54, 1.807) is 42.5 Å². The molecule has 4 atom stereocenters. The van der Waals surface area contributed by atoms with Crippen LogP contribution in [0.5, 0.6) is 11.5 Å². The van der Waals surface area contributed by atoms with Crippen molar-refractivity contribution < 1.29 is 33.8 Å². The zero-order chi connectivity index (χ0) is 22.9. The monoisotopic (exact) mass is 449 g/mol. The van der Waals surface area contributed by atoms with Crippen molar-refractivity contribution in [1.29, 1.82) is 0 Å². The maximum atomic E-state index is 13.8. The zero-order valence-corrected chi connectivity index (χ0v) is 17.2. The Morgan fingerprint density at radius 3 is 2.70 bits per heavy atom. The molecule has 1 spiro atoms. The molecule has 4 heterocycles. The van der Waals surface area contributed by atoms with Gasteiger partial charge in [0.25, 0.3) is 0 Å². The summed E-state index contributed by atoms with van der Waals surface area (Å²) in [6.45, 7) is 0.0488. The van der Waals surface area contributed by atoms with Crippen LogP contribution >= 0.6 is 0 Å². The lowest BCUT2D eigenvalue weighted by Gasteiger charge is -2.29. The molecule has 3 N–H and O–H groups in total. The summed E-state index contributed by atoms with van der Waals surface area (Å²) < 4.78 is 10.7. The summed E-state index contributed by atoms with van der Waals surface area (Å²) in [4.78, 5) is 53.1. The van der Waals surface area contributed by atoms with E-state index in [-0.39, 0.29) is 19.6 Å². The van der Waals surface area contributed by atoms with Gasteiger partial charge in [-0.15, -0.1) is 0 Å². The number of fused-ring (bicyclic) bond motifs is 5. The van der Waals surface area contributed by atoms with E-state index in [1.807, 2.05) is 0 Å². The Balaban J connectivity index is 1.47. The van der Waals surface area contributed by atoms with Crippen molar-refractivity contribution in [1.82, 2.24) is 5.32 Å². The molecule has 0 aromatic heterocycles. The Bertz CT molecular complexity index is 1240. The molecule has 0 bridgehead atoms. The molecule has 33 heavy (non-hydrogen) atoms. The number of amides is 3. The molecule has 0 radical (unpaired) electrons. The maximum Gasteiger partial charge on any atom is 0.303 e. The highest BCUT2D eigenvalue weighted by molar-refractivity contribution is 6.25. The summed E-state index contributed by atoms with van der Waals surface area (Å²) in [6, 6.07) is 11.1. The van der Waals surface area contributed by atoms with Crippen molar-refractivity contribution in [3.8, 4) is 11.5 Å². The number of carbonyl (C=O) groups is 4. The molecule has 2 fully saturated rings. The molecule has 3 amide bonds. The van der Waals surface area contributed by atoms with Gasteiger partial charge in [0.05, 0.1) is 17.5 Å². The number of hydrogen-bond acceptors (Lipinski definition) is 7. The standard InChI is InChI=1S/C23H19N3O7/c27-17(28)8-6-14-18-19(23(25-14)12-3-1-2-4-13(12)24-22(23)31)21(30)26(20(18)29)11-5-7-15-16(9-11)33-10-32-15/h1-5,7,9,14,18-19,25H,6,8,10H2,(H,24,31)(H,27,28). The van der Waals surface area contributed by atoms with Gasteiger partial charge in [0.2, 0.25) is 24.5 Å². The van der Waals surface area contributed by atoms with E-state index in [1.165, 1.54) is 0 Å². The third kappa shape index (κ3) is 2.58. The Kier molecular flexibility index (Phi) is 4.06. The summed E-state index contributed by atoms with van der Waals surface area (Å²) in [6.07, 6.45) is -0.104. The van der Waals surface area contributed by atoms with Gasteiger partial charge in [0.15, 0.2) is 11.5 Å². The van der Waals surface area contributed by atoms with E-state index in [0.29, 0.717) is 28.4 Å². The molecule has 4 unspecified atom stereocenters. The predicted molar refractivity (Wildman–Crippen MR) is 113 cm³/mol.